The molecule has 2 atom stereocenters. The summed E-state index contributed by atoms with van der Waals surface area (Å²) in [5.41, 5.74) is 5.95. The monoisotopic (exact) mass is 200 g/mol. The number of hydrogen-bond donors (Lipinski definition) is 2. The maximum absolute atomic E-state index is 5.84. The Morgan fingerprint density at radius 2 is 1.86 bits per heavy atom. The average molecular weight is 200 g/mol. The number of nitrogens with two attached hydrogens (primary N) is 1. The summed E-state index contributed by atoms with van der Waals surface area (Å²) in [6.45, 7) is 11.9. The smallest absolute Gasteiger partial charge is 0.0280 e. The molecule has 14 heavy (non-hydrogen) atoms. The van der Waals surface area contributed by atoms with Crippen molar-refractivity contribution in [2.45, 2.75) is 65.5 Å². The van der Waals surface area contributed by atoms with Crippen molar-refractivity contribution in [2.75, 3.05) is 6.54 Å². The fourth-order valence-electron chi connectivity index (χ4n) is 2.20. The van der Waals surface area contributed by atoms with Gasteiger partial charge >= 0.3 is 0 Å². The van der Waals surface area contributed by atoms with E-state index in [0.717, 1.165) is 13.0 Å². The first-order valence-corrected chi connectivity index (χ1v) is 5.91. The molecule has 0 saturated heterocycles. The molecule has 0 aromatic rings. The summed E-state index contributed by atoms with van der Waals surface area (Å²) in [5.74, 6) is 0.699. The highest BCUT2D eigenvalue weighted by Gasteiger charge is 2.24. The van der Waals surface area contributed by atoms with Gasteiger partial charge < -0.3 is 11.1 Å². The first-order valence-electron chi connectivity index (χ1n) is 5.91. The zero-order valence-electron chi connectivity index (χ0n) is 10.6. The van der Waals surface area contributed by atoms with Crippen LogP contribution in [0.15, 0.2) is 0 Å². The molecule has 0 aliphatic rings. The second-order valence-electron chi connectivity index (χ2n) is 5.20. The van der Waals surface area contributed by atoms with Crippen molar-refractivity contribution < 1.29 is 0 Å². The molecule has 0 aliphatic carbocycles. The van der Waals surface area contributed by atoms with Crippen molar-refractivity contribution in [1.29, 1.82) is 0 Å². The van der Waals surface area contributed by atoms with E-state index in [1.807, 2.05) is 0 Å². The molecule has 0 saturated carbocycles. The van der Waals surface area contributed by atoms with Gasteiger partial charge in [-0.25, -0.2) is 0 Å². The van der Waals surface area contributed by atoms with E-state index >= 15 is 0 Å². The summed E-state index contributed by atoms with van der Waals surface area (Å²) >= 11 is 0. The molecule has 0 rings (SSSR count). The summed E-state index contributed by atoms with van der Waals surface area (Å²) in [4.78, 5) is 0. The maximum atomic E-state index is 5.84. The van der Waals surface area contributed by atoms with Gasteiger partial charge in [-0.15, -0.1) is 0 Å². The summed E-state index contributed by atoms with van der Waals surface area (Å²) in [6, 6.07) is 0.576. The van der Waals surface area contributed by atoms with E-state index in [2.05, 4.69) is 39.9 Å². The van der Waals surface area contributed by atoms with Crippen LogP contribution < -0.4 is 11.1 Å². The standard InChI is InChI=1S/C12H28N2/c1-6-7-11(4)14-12(5,9-13)8-10(2)3/h10-11,14H,6-9,13H2,1-5H3. The second kappa shape index (κ2) is 6.41. The summed E-state index contributed by atoms with van der Waals surface area (Å²) in [6.07, 6.45) is 3.61. The Morgan fingerprint density at radius 3 is 2.21 bits per heavy atom. The largest absolute Gasteiger partial charge is 0.329 e. The fraction of sp³-hybridized carbons (Fsp3) is 1.00. The van der Waals surface area contributed by atoms with Gasteiger partial charge in [0.15, 0.2) is 0 Å². The summed E-state index contributed by atoms with van der Waals surface area (Å²) in [7, 11) is 0. The van der Waals surface area contributed by atoms with Crippen LogP contribution in [0.1, 0.15) is 53.9 Å². The van der Waals surface area contributed by atoms with E-state index in [-0.39, 0.29) is 5.54 Å². The molecule has 2 nitrogen and oxygen atoms in total. The third kappa shape index (κ3) is 5.61. The van der Waals surface area contributed by atoms with E-state index in [1.54, 1.807) is 0 Å². The van der Waals surface area contributed by atoms with Crippen molar-refractivity contribution >= 4 is 0 Å². The van der Waals surface area contributed by atoms with Gasteiger partial charge in [-0.3, -0.25) is 0 Å². The third-order valence-corrected chi connectivity index (χ3v) is 2.63. The Kier molecular flexibility index (Phi) is 6.38. The first kappa shape index (κ1) is 13.9. The van der Waals surface area contributed by atoms with Crippen molar-refractivity contribution in [3.63, 3.8) is 0 Å². The van der Waals surface area contributed by atoms with E-state index < -0.39 is 0 Å². The van der Waals surface area contributed by atoms with Crippen LogP contribution in [0.25, 0.3) is 0 Å². The molecule has 0 radical (unpaired) electrons. The molecule has 0 bridgehead atoms. The van der Waals surface area contributed by atoms with Crippen LogP contribution in [0.2, 0.25) is 0 Å². The highest BCUT2D eigenvalue weighted by Crippen LogP contribution is 2.16. The molecular weight excluding hydrogens is 172 g/mol. The molecule has 0 aliphatic heterocycles. The van der Waals surface area contributed by atoms with Gasteiger partial charge in [0.1, 0.15) is 0 Å². The van der Waals surface area contributed by atoms with E-state index in [0.29, 0.717) is 12.0 Å². The molecule has 0 heterocycles. The summed E-state index contributed by atoms with van der Waals surface area (Å²) in [5, 5.41) is 3.65. The lowest BCUT2D eigenvalue weighted by Gasteiger charge is -2.34. The first-order chi connectivity index (χ1) is 6.43. The topological polar surface area (TPSA) is 38.0 Å². The Balaban J connectivity index is 4.09. The minimum atomic E-state index is 0.114. The van der Waals surface area contributed by atoms with Crippen LogP contribution in [0.5, 0.6) is 0 Å². The van der Waals surface area contributed by atoms with Crippen LogP contribution in [0.3, 0.4) is 0 Å². The summed E-state index contributed by atoms with van der Waals surface area (Å²) < 4.78 is 0. The lowest BCUT2D eigenvalue weighted by molar-refractivity contribution is 0.266. The quantitative estimate of drug-likeness (QED) is 0.663. The van der Waals surface area contributed by atoms with Crippen LogP contribution in [-0.2, 0) is 0 Å². The molecule has 0 amide bonds. The minimum Gasteiger partial charge on any atom is -0.329 e. The predicted octanol–water partition coefficient (Wildman–Crippen LogP) is 2.53. The van der Waals surface area contributed by atoms with E-state index in [1.165, 1.54) is 12.8 Å². The highest BCUT2D eigenvalue weighted by molar-refractivity contribution is 4.87. The molecule has 2 heteroatoms. The van der Waals surface area contributed by atoms with Gasteiger partial charge in [0.2, 0.25) is 0 Å². The second-order valence-corrected chi connectivity index (χ2v) is 5.20. The minimum absolute atomic E-state index is 0.114. The highest BCUT2D eigenvalue weighted by atomic mass is 15.0. The third-order valence-electron chi connectivity index (χ3n) is 2.63. The lowest BCUT2D eigenvalue weighted by atomic mass is 9.89. The van der Waals surface area contributed by atoms with Crippen molar-refractivity contribution in [2.24, 2.45) is 11.7 Å². The zero-order valence-corrected chi connectivity index (χ0v) is 10.6. The number of rotatable bonds is 7. The normalized spacial score (nSPS) is 18.2. The van der Waals surface area contributed by atoms with Crippen LogP contribution in [0.4, 0.5) is 0 Å². The predicted molar refractivity (Wildman–Crippen MR) is 64.4 cm³/mol. The lowest BCUT2D eigenvalue weighted by Crippen LogP contribution is -2.52. The number of nitrogens with one attached hydrogen (secondary N) is 1. The average Bonchev–Trinajstić information content (AvgIpc) is 2.02. The van der Waals surface area contributed by atoms with Crippen molar-refractivity contribution in [3.8, 4) is 0 Å². The van der Waals surface area contributed by atoms with Crippen LogP contribution in [0, 0.1) is 5.92 Å². The fourth-order valence-corrected chi connectivity index (χ4v) is 2.20. The van der Waals surface area contributed by atoms with Gasteiger partial charge in [0.25, 0.3) is 0 Å². The molecular formula is C12H28N2. The number of hydrogen-bond acceptors (Lipinski definition) is 2. The Labute approximate surface area is 89.6 Å². The molecule has 3 N–H and O–H groups in total. The van der Waals surface area contributed by atoms with Crippen molar-refractivity contribution in [3.05, 3.63) is 0 Å². The zero-order chi connectivity index (χ0) is 11.2. The Bertz CT molecular complexity index is 145. The van der Waals surface area contributed by atoms with Crippen LogP contribution >= 0.6 is 0 Å². The van der Waals surface area contributed by atoms with Gasteiger partial charge in [0.05, 0.1) is 0 Å². The van der Waals surface area contributed by atoms with Gasteiger partial charge in [-0.1, -0.05) is 27.2 Å². The molecule has 0 fully saturated rings. The van der Waals surface area contributed by atoms with Gasteiger partial charge in [0, 0.05) is 18.1 Å². The van der Waals surface area contributed by atoms with Gasteiger partial charge in [-0.05, 0) is 32.6 Å². The maximum Gasteiger partial charge on any atom is 0.0280 e. The van der Waals surface area contributed by atoms with Crippen LogP contribution in [-0.4, -0.2) is 18.1 Å². The molecule has 0 aromatic heterocycles. The van der Waals surface area contributed by atoms with E-state index in [9.17, 15) is 0 Å². The van der Waals surface area contributed by atoms with Gasteiger partial charge in [-0.2, -0.15) is 0 Å². The Morgan fingerprint density at radius 1 is 1.29 bits per heavy atom. The Hall–Kier alpha value is -0.0800. The molecule has 2 unspecified atom stereocenters. The van der Waals surface area contributed by atoms with Crippen molar-refractivity contribution in [1.82, 2.24) is 5.32 Å². The van der Waals surface area contributed by atoms with E-state index in [4.69, 9.17) is 5.73 Å². The molecule has 86 valence electrons. The molecule has 0 spiro atoms. The molecule has 0 aromatic carbocycles. The SMILES string of the molecule is CCCC(C)NC(C)(CN)CC(C)C.